The minimum atomic E-state index is 0.192. The Kier molecular flexibility index (Phi) is 1.07. The summed E-state index contributed by atoms with van der Waals surface area (Å²) in [5.74, 6) is 0.192. The van der Waals surface area contributed by atoms with Crippen LogP contribution in [0, 0.1) is 0 Å². The van der Waals surface area contributed by atoms with Gasteiger partial charge in [-0.25, -0.2) is 0 Å². The number of allylic oxidation sites excluding steroid dienone is 1. The molecule has 0 aliphatic heterocycles. The molecular formula is C9H9NO. The third kappa shape index (κ3) is 0.693. The third-order valence-electron chi connectivity index (χ3n) is 2.09. The lowest BCUT2D eigenvalue weighted by atomic mass is 10.2. The Morgan fingerprint density at radius 1 is 1.64 bits per heavy atom. The van der Waals surface area contributed by atoms with E-state index in [1.807, 2.05) is 23.9 Å². The number of hydrogen-bond acceptors (Lipinski definition) is 1. The van der Waals surface area contributed by atoms with Crippen LogP contribution in [0.2, 0.25) is 0 Å². The predicted molar refractivity (Wildman–Crippen MR) is 43.4 cm³/mol. The van der Waals surface area contributed by atoms with Crippen molar-refractivity contribution in [2.24, 2.45) is 7.05 Å². The summed E-state index contributed by atoms with van der Waals surface area (Å²) >= 11 is 0. The van der Waals surface area contributed by atoms with Gasteiger partial charge in [0, 0.05) is 25.2 Å². The Morgan fingerprint density at radius 2 is 2.36 bits per heavy atom. The number of Topliss-reactive ketones (excluding diaryl/α,β-unsaturated/α-hetero) is 1. The number of carbonyl (C=O) groups excluding carboxylic acids is 1. The maximum atomic E-state index is 11.3. The average molecular weight is 147 g/mol. The topological polar surface area (TPSA) is 22.0 Å². The van der Waals surface area contributed by atoms with Crippen molar-refractivity contribution in [1.82, 2.24) is 4.57 Å². The number of hydrogen-bond donors (Lipinski definition) is 0. The molecule has 1 aliphatic carbocycles. The van der Waals surface area contributed by atoms with Gasteiger partial charge in [0.2, 0.25) is 0 Å². The lowest BCUT2D eigenvalue weighted by Crippen LogP contribution is -1.99. The number of aromatic nitrogens is 1. The van der Waals surface area contributed by atoms with Gasteiger partial charge in [0.05, 0.1) is 5.69 Å². The van der Waals surface area contributed by atoms with Crippen molar-refractivity contribution >= 4 is 11.4 Å². The Labute approximate surface area is 65.1 Å². The number of rotatable bonds is 0. The quantitative estimate of drug-likeness (QED) is 0.546. The first-order chi connectivity index (χ1) is 5.20. The molecule has 2 nitrogen and oxygen atoms in total. The zero-order valence-electron chi connectivity index (χ0n) is 6.42. The molecule has 0 aromatic carbocycles. The van der Waals surface area contributed by atoms with Crippen LogP contribution < -0.4 is 0 Å². The van der Waals surface area contributed by atoms with Crippen molar-refractivity contribution < 1.29 is 4.79 Å². The minimum absolute atomic E-state index is 0.192. The fraction of sp³-hybridized carbons (Fsp3) is 0.222. The molecule has 1 aliphatic rings. The van der Waals surface area contributed by atoms with Crippen molar-refractivity contribution in [3.63, 3.8) is 0 Å². The van der Waals surface area contributed by atoms with Gasteiger partial charge in [0.1, 0.15) is 0 Å². The van der Waals surface area contributed by atoms with Crippen LogP contribution in [0.5, 0.6) is 0 Å². The Balaban J connectivity index is 2.72. The first kappa shape index (κ1) is 6.40. The first-order valence-corrected chi connectivity index (χ1v) is 3.57. The molecule has 0 saturated carbocycles. The smallest absolute Gasteiger partial charge is 0.184 e. The summed E-state index contributed by atoms with van der Waals surface area (Å²) in [6.45, 7) is 3.83. The van der Waals surface area contributed by atoms with Gasteiger partial charge >= 0.3 is 0 Å². The normalized spacial score (nSPS) is 15.7. The largest absolute Gasteiger partial charge is 0.348 e. The van der Waals surface area contributed by atoms with E-state index in [0.29, 0.717) is 6.42 Å². The maximum absolute atomic E-state index is 11.3. The molecule has 0 atom stereocenters. The van der Waals surface area contributed by atoms with Crippen LogP contribution in [0.4, 0.5) is 0 Å². The zero-order chi connectivity index (χ0) is 8.01. The van der Waals surface area contributed by atoms with Crippen LogP contribution >= 0.6 is 0 Å². The molecule has 1 heterocycles. The van der Waals surface area contributed by atoms with Crippen LogP contribution in [0.15, 0.2) is 18.8 Å². The van der Waals surface area contributed by atoms with Crippen molar-refractivity contribution in [3.8, 4) is 0 Å². The highest BCUT2D eigenvalue weighted by molar-refractivity contribution is 6.10. The number of fused-ring (bicyclic) bond motifs is 1. The van der Waals surface area contributed by atoms with Crippen molar-refractivity contribution in [1.29, 1.82) is 0 Å². The molecule has 1 aromatic rings. The van der Waals surface area contributed by atoms with E-state index in [2.05, 4.69) is 6.58 Å². The molecule has 0 bridgehead atoms. The van der Waals surface area contributed by atoms with Crippen LogP contribution in [0.3, 0.4) is 0 Å². The second-order valence-electron chi connectivity index (χ2n) is 2.89. The van der Waals surface area contributed by atoms with E-state index >= 15 is 0 Å². The van der Waals surface area contributed by atoms with Gasteiger partial charge < -0.3 is 4.57 Å². The Hall–Kier alpha value is -1.31. The lowest BCUT2D eigenvalue weighted by molar-refractivity contribution is 0.0997. The molecule has 56 valence electrons. The molecule has 2 heteroatoms. The van der Waals surface area contributed by atoms with Gasteiger partial charge in [-0.05, 0) is 11.6 Å². The zero-order valence-corrected chi connectivity index (χ0v) is 6.42. The van der Waals surface area contributed by atoms with Gasteiger partial charge in [0.15, 0.2) is 5.78 Å². The monoisotopic (exact) mass is 147 g/mol. The second-order valence-corrected chi connectivity index (χ2v) is 2.89. The molecular weight excluding hydrogens is 138 g/mol. The summed E-state index contributed by atoms with van der Waals surface area (Å²) in [4.78, 5) is 11.3. The van der Waals surface area contributed by atoms with Gasteiger partial charge in [-0.1, -0.05) is 6.58 Å². The van der Waals surface area contributed by atoms with Crippen molar-refractivity contribution in [2.75, 3.05) is 0 Å². The maximum Gasteiger partial charge on any atom is 0.184 e. The van der Waals surface area contributed by atoms with Crippen LogP contribution in [-0.2, 0) is 7.05 Å². The highest BCUT2D eigenvalue weighted by Crippen LogP contribution is 2.30. The molecule has 0 N–H and O–H groups in total. The Bertz CT molecular complexity index is 346. The second kappa shape index (κ2) is 1.84. The van der Waals surface area contributed by atoms with Crippen LogP contribution in [0.25, 0.3) is 5.57 Å². The van der Waals surface area contributed by atoms with Gasteiger partial charge in [-0.2, -0.15) is 0 Å². The standard InChI is InChI=1S/C9H9NO/c1-6-5-8(11)9-7(6)3-4-10(9)2/h3-4H,1,5H2,2H3. The Morgan fingerprint density at radius 3 is 3.00 bits per heavy atom. The molecule has 1 aromatic heterocycles. The number of carbonyl (C=O) groups is 1. The van der Waals surface area contributed by atoms with Crippen molar-refractivity contribution in [3.05, 3.63) is 30.1 Å². The minimum Gasteiger partial charge on any atom is -0.348 e. The number of ketones is 1. The lowest BCUT2D eigenvalue weighted by Gasteiger charge is -1.93. The van der Waals surface area contributed by atoms with Crippen LogP contribution in [-0.4, -0.2) is 10.4 Å². The third-order valence-corrected chi connectivity index (χ3v) is 2.09. The van der Waals surface area contributed by atoms with E-state index in [-0.39, 0.29) is 5.78 Å². The highest BCUT2D eigenvalue weighted by Gasteiger charge is 2.25. The molecule has 11 heavy (non-hydrogen) atoms. The fourth-order valence-corrected chi connectivity index (χ4v) is 1.53. The summed E-state index contributed by atoms with van der Waals surface area (Å²) < 4.78 is 1.86. The van der Waals surface area contributed by atoms with E-state index in [0.717, 1.165) is 16.8 Å². The van der Waals surface area contributed by atoms with E-state index in [4.69, 9.17) is 0 Å². The fourth-order valence-electron chi connectivity index (χ4n) is 1.53. The highest BCUT2D eigenvalue weighted by atomic mass is 16.1. The van der Waals surface area contributed by atoms with Gasteiger partial charge in [0.25, 0.3) is 0 Å². The van der Waals surface area contributed by atoms with E-state index in [1.54, 1.807) is 0 Å². The average Bonchev–Trinajstić information content (AvgIpc) is 2.41. The SMILES string of the molecule is C=C1CC(=O)c2c1ccn2C. The summed E-state index contributed by atoms with van der Waals surface area (Å²) in [6.07, 6.45) is 2.40. The summed E-state index contributed by atoms with van der Waals surface area (Å²) in [5.41, 5.74) is 2.79. The predicted octanol–water partition coefficient (Wildman–Crippen LogP) is 1.62. The van der Waals surface area contributed by atoms with E-state index in [1.165, 1.54) is 0 Å². The molecule has 0 unspecified atom stereocenters. The molecule has 2 rings (SSSR count). The summed E-state index contributed by atoms with van der Waals surface area (Å²) in [6, 6.07) is 1.95. The molecule has 0 spiro atoms. The van der Waals surface area contributed by atoms with Crippen LogP contribution in [0.1, 0.15) is 22.5 Å². The molecule has 0 saturated heterocycles. The van der Waals surface area contributed by atoms with E-state index < -0.39 is 0 Å². The number of nitrogens with zero attached hydrogens (tertiary/aromatic N) is 1. The molecule has 0 radical (unpaired) electrons. The van der Waals surface area contributed by atoms with E-state index in [9.17, 15) is 4.79 Å². The summed E-state index contributed by atoms with van der Waals surface area (Å²) in [5, 5.41) is 0. The van der Waals surface area contributed by atoms with Gasteiger partial charge in [-0.15, -0.1) is 0 Å². The first-order valence-electron chi connectivity index (χ1n) is 3.57. The summed E-state index contributed by atoms with van der Waals surface area (Å²) in [7, 11) is 1.88. The number of aryl methyl sites for hydroxylation is 1. The van der Waals surface area contributed by atoms with Crippen molar-refractivity contribution in [2.45, 2.75) is 6.42 Å². The van der Waals surface area contributed by atoms with Gasteiger partial charge in [-0.3, -0.25) is 4.79 Å². The molecule has 0 amide bonds. The molecule has 0 fully saturated rings.